The standard InChI is InChI=1S/C27H31N7O/c1-19-7-9-22(10-8-19)28-27(35)14-13-25-30-29-24-11-12-26(31-34(24)25)33-17-15-32(16-18-33)23-6-4-5-20(2)21(23)3/h4-12H,13-18H2,1-3H3,(H,28,35). The van der Waals surface area contributed by atoms with E-state index in [-0.39, 0.29) is 5.91 Å². The molecule has 1 N–H and O–H groups in total. The summed E-state index contributed by atoms with van der Waals surface area (Å²) in [6.07, 6.45) is 0.783. The van der Waals surface area contributed by atoms with E-state index < -0.39 is 0 Å². The van der Waals surface area contributed by atoms with Gasteiger partial charge in [-0.2, -0.15) is 4.52 Å². The third kappa shape index (κ3) is 4.96. The Labute approximate surface area is 205 Å². The molecule has 1 aliphatic heterocycles. The van der Waals surface area contributed by atoms with Crippen molar-refractivity contribution in [1.29, 1.82) is 0 Å². The lowest BCUT2D eigenvalue weighted by Crippen LogP contribution is -2.47. The van der Waals surface area contributed by atoms with Gasteiger partial charge in [0, 0.05) is 50.4 Å². The molecular weight excluding hydrogens is 438 g/mol. The molecule has 3 heterocycles. The maximum atomic E-state index is 12.4. The average molecular weight is 470 g/mol. The summed E-state index contributed by atoms with van der Waals surface area (Å²) < 4.78 is 1.77. The minimum absolute atomic E-state index is 0.0516. The van der Waals surface area contributed by atoms with Crippen molar-refractivity contribution in [3.8, 4) is 0 Å². The Morgan fingerprint density at radius 3 is 2.40 bits per heavy atom. The molecule has 180 valence electrons. The van der Waals surface area contributed by atoms with Gasteiger partial charge in [-0.3, -0.25) is 4.79 Å². The summed E-state index contributed by atoms with van der Waals surface area (Å²) in [6.45, 7) is 10.0. The molecule has 1 saturated heterocycles. The number of nitrogens with one attached hydrogen (secondary N) is 1. The van der Waals surface area contributed by atoms with E-state index in [0.29, 0.717) is 24.3 Å². The van der Waals surface area contributed by atoms with Crippen LogP contribution in [0.5, 0.6) is 0 Å². The van der Waals surface area contributed by atoms with Gasteiger partial charge in [0.15, 0.2) is 11.5 Å². The minimum Gasteiger partial charge on any atom is -0.368 e. The number of amides is 1. The van der Waals surface area contributed by atoms with Gasteiger partial charge < -0.3 is 15.1 Å². The van der Waals surface area contributed by atoms with Gasteiger partial charge in [-0.15, -0.1) is 15.3 Å². The highest BCUT2D eigenvalue weighted by Crippen LogP contribution is 2.25. The molecule has 1 amide bonds. The molecule has 35 heavy (non-hydrogen) atoms. The highest BCUT2D eigenvalue weighted by Gasteiger charge is 2.21. The Kier molecular flexibility index (Phi) is 6.35. The highest BCUT2D eigenvalue weighted by atomic mass is 16.1. The minimum atomic E-state index is -0.0516. The molecular formula is C27H31N7O. The normalized spacial score (nSPS) is 13.9. The van der Waals surface area contributed by atoms with Crippen molar-refractivity contribution in [1.82, 2.24) is 19.8 Å². The third-order valence-electron chi connectivity index (χ3n) is 6.74. The van der Waals surface area contributed by atoms with Crippen LogP contribution in [0.3, 0.4) is 0 Å². The number of nitrogens with zero attached hydrogens (tertiary/aromatic N) is 6. The molecule has 0 radical (unpaired) electrons. The first-order chi connectivity index (χ1) is 17.0. The lowest BCUT2D eigenvalue weighted by Gasteiger charge is -2.37. The van der Waals surface area contributed by atoms with Crippen molar-refractivity contribution < 1.29 is 4.79 Å². The number of rotatable bonds is 6. The maximum Gasteiger partial charge on any atom is 0.224 e. The number of carbonyl (C=O) groups is 1. The van der Waals surface area contributed by atoms with Gasteiger partial charge in [0.1, 0.15) is 5.82 Å². The van der Waals surface area contributed by atoms with Crippen LogP contribution in [-0.4, -0.2) is 51.9 Å². The first-order valence-electron chi connectivity index (χ1n) is 12.1. The summed E-state index contributed by atoms with van der Waals surface area (Å²) >= 11 is 0. The molecule has 0 unspecified atom stereocenters. The number of aryl methyl sites for hydroxylation is 3. The molecule has 1 aliphatic rings. The second-order valence-corrected chi connectivity index (χ2v) is 9.19. The van der Waals surface area contributed by atoms with Gasteiger partial charge in [-0.25, -0.2) is 0 Å². The second kappa shape index (κ2) is 9.74. The smallest absolute Gasteiger partial charge is 0.224 e. The number of anilines is 3. The molecule has 0 saturated carbocycles. The van der Waals surface area contributed by atoms with Crippen LogP contribution in [0, 0.1) is 20.8 Å². The van der Waals surface area contributed by atoms with E-state index in [9.17, 15) is 4.79 Å². The monoisotopic (exact) mass is 469 g/mol. The van der Waals surface area contributed by atoms with Crippen LogP contribution in [0.15, 0.2) is 54.6 Å². The first kappa shape index (κ1) is 22.8. The summed E-state index contributed by atoms with van der Waals surface area (Å²) in [7, 11) is 0. The number of fused-ring (bicyclic) bond motifs is 1. The second-order valence-electron chi connectivity index (χ2n) is 9.19. The zero-order chi connectivity index (χ0) is 24.4. The fourth-order valence-electron chi connectivity index (χ4n) is 4.49. The summed E-state index contributed by atoms with van der Waals surface area (Å²) in [4.78, 5) is 17.2. The summed E-state index contributed by atoms with van der Waals surface area (Å²) in [6, 6.07) is 18.2. The topological polar surface area (TPSA) is 78.7 Å². The average Bonchev–Trinajstić information content (AvgIpc) is 3.28. The molecule has 8 nitrogen and oxygen atoms in total. The van der Waals surface area contributed by atoms with Gasteiger partial charge >= 0.3 is 0 Å². The van der Waals surface area contributed by atoms with Crippen molar-refractivity contribution in [3.63, 3.8) is 0 Å². The Bertz CT molecular complexity index is 1340. The van der Waals surface area contributed by atoms with Crippen LogP contribution >= 0.6 is 0 Å². The molecule has 8 heteroatoms. The van der Waals surface area contributed by atoms with Crippen LogP contribution in [0.2, 0.25) is 0 Å². The number of carbonyl (C=O) groups excluding carboxylic acids is 1. The lowest BCUT2D eigenvalue weighted by molar-refractivity contribution is -0.116. The van der Waals surface area contributed by atoms with Gasteiger partial charge in [0.2, 0.25) is 5.91 Å². The number of hydrogen-bond donors (Lipinski definition) is 1. The van der Waals surface area contributed by atoms with Crippen LogP contribution in [0.25, 0.3) is 5.65 Å². The largest absolute Gasteiger partial charge is 0.368 e. The van der Waals surface area contributed by atoms with E-state index in [1.165, 1.54) is 16.8 Å². The Hall–Kier alpha value is -3.94. The van der Waals surface area contributed by atoms with Gasteiger partial charge in [0.05, 0.1) is 0 Å². The predicted octanol–water partition coefficient (Wildman–Crippen LogP) is 3.95. The molecule has 0 spiro atoms. The van der Waals surface area contributed by atoms with Gasteiger partial charge in [-0.1, -0.05) is 29.8 Å². The number of aromatic nitrogens is 4. The Morgan fingerprint density at radius 2 is 1.63 bits per heavy atom. The van der Waals surface area contributed by atoms with E-state index in [4.69, 9.17) is 5.10 Å². The Balaban J connectivity index is 1.23. The third-order valence-corrected chi connectivity index (χ3v) is 6.74. The first-order valence-corrected chi connectivity index (χ1v) is 12.1. The molecule has 0 bridgehead atoms. The fraction of sp³-hybridized carbons (Fsp3) is 0.333. The van der Waals surface area contributed by atoms with E-state index >= 15 is 0 Å². The SMILES string of the molecule is Cc1ccc(NC(=O)CCc2nnc3ccc(N4CCN(c5cccc(C)c5C)CC4)nn23)cc1. The van der Waals surface area contributed by atoms with Crippen molar-refractivity contribution >= 4 is 28.7 Å². The number of benzene rings is 2. The fourth-order valence-corrected chi connectivity index (χ4v) is 4.49. The van der Waals surface area contributed by atoms with E-state index in [1.807, 2.05) is 43.3 Å². The summed E-state index contributed by atoms with van der Waals surface area (Å²) in [5, 5.41) is 16.3. The molecule has 1 fully saturated rings. The van der Waals surface area contributed by atoms with Crippen LogP contribution in [0.1, 0.15) is 28.9 Å². The number of piperazine rings is 1. The molecule has 4 aromatic rings. The van der Waals surface area contributed by atoms with Crippen LogP contribution in [-0.2, 0) is 11.2 Å². The molecule has 0 atom stereocenters. The summed E-state index contributed by atoms with van der Waals surface area (Å²) in [5.41, 5.74) is 6.64. The predicted molar refractivity (Wildman–Crippen MR) is 139 cm³/mol. The maximum absolute atomic E-state index is 12.4. The van der Waals surface area contributed by atoms with Crippen molar-refractivity contribution in [2.45, 2.75) is 33.6 Å². The molecule has 5 rings (SSSR count). The quantitative estimate of drug-likeness (QED) is 0.461. The number of hydrogen-bond acceptors (Lipinski definition) is 6. The molecule has 2 aromatic heterocycles. The van der Waals surface area contributed by atoms with Gasteiger partial charge in [0.25, 0.3) is 0 Å². The van der Waals surface area contributed by atoms with E-state index in [2.05, 4.69) is 57.4 Å². The van der Waals surface area contributed by atoms with E-state index in [1.54, 1.807) is 4.52 Å². The van der Waals surface area contributed by atoms with Crippen molar-refractivity contribution in [3.05, 3.63) is 77.1 Å². The van der Waals surface area contributed by atoms with Crippen LogP contribution in [0.4, 0.5) is 17.2 Å². The zero-order valence-electron chi connectivity index (χ0n) is 20.5. The van der Waals surface area contributed by atoms with Crippen LogP contribution < -0.4 is 15.1 Å². The zero-order valence-corrected chi connectivity index (χ0v) is 20.5. The molecule has 0 aliphatic carbocycles. The molecule has 2 aromatic carbocycles. The lowest BCUT2D eigenvalue weighted by atomic mass is 10.1. The summed E-state index contributed by atoms with van der Waals surface area (Å²) in [5.74, 6) is 1.54. The van der Waals surface area contributed by atoms with E-state index in [0.717, 1.165) is 43.2 Å². The highest BCUT2D eigenvalue weighted by molar-refractivity contribution is 5.90. The van der Waals surface area contributed by atoms with Crippen molar-refractivity contribution in [2.75, 3.05) is 41.3 Å². The van der Waals surface area contributed by atoms with Crippen molar-refractivity contribution in [2.24, 2.45) is 0 Å². The Morgan fingerprint density at radius 1 is 0.886 bits per heavy atom. The van der Waals surface area contributed by atoms with Gasteiger partial charge in [-0.05, 0) is 62.2 Å².